The maximum Gasteiger partial charge on any atom is 0.231 e. The van der Waals surface area contributed by atoms with Crippen molar-refractivity contribution in [2.24, 2.45) is 5.73 Å². The highest BCUT2D eigenvalue weighted by Crippen LogP contribution is 2.24. The standard InChI is InChI=1S/C8H9NO2/c9-6-2-1-3-7-8(4-6)11-5-10-7/h2-4H,1,5,9H2. The van der Waals surface area contributed by atoms with Crippen molar-refractivity contribution in [3.63, 3.8) is 0 Å². The first kappa shape index (κ1) is 6.34. The number of ether oxygens (including phenoxy) is 2. The zero-order chi connectivity index (χ0) is 7.68. The molecule has 0 aromatic rings. The van der Waals surface area contributed by atoms with Gasteiger partial charge in [-0.25, -0.2) is 0 Å². The minimum atomic E-state index is 0.310. The Labute approximate surface area is 64.8 Å². The van der Waals surface area contributed by atoms with Crippen molar-refractivity contribution in [2.75, 3.05) is 6.79 Å². The minimum absolute atomic E-state index is 0.310. The summed E-state index contributed by atoms with van der Waals surface area (Å²) >= 11 is 0. The second kappa shape index (κ2) is 2.34. The fourth-order valence-corrected chi connectivity index (χ4v) is 1.08. The van der Waals surface area contributed by atoms with E-state index in [1.807, 2.05) is 12.2 Å². The monoisotopic (exact) mass is 151 g/mol. The molecule has 1 aliphatic heterocycles. The van der Waals surface area contributed by atoms with Crippen molar-refractivity contribution < 1.29 is 9.47 Å². The molecule has 58 valence electrons. The Kier molecular flexibility index (Phi) is 1.35. The minimum Gasteiger partial charge on any atom is -0.454 e. The van der Waals surface area contributed by atoms with Crippen LogP contribution < -0.4 is 5.73 Å². The first-order valence-electron chi connectivity index (χ1n) is 3.50. The molecule has 0 radical (unpaired) electrons. The molecule has 0 unspecified atom stereocenters. The molecule has 0 atom stereocenters. The molecule has 1 heterocycles. The van der Waals surface area contributed by atoms with Gasteiger partial charge in [0.2, 0.25) is 6.79 Å². The van der Waals surface area contributed by atoms with Gasteiger partial charge in [-0.1, -0.05) is 6.08 Å². The third-order valence-corrected chi connectivity index (χ3v) is 1.63. The third kappa shape index (κ3) is 1.09. The molecule has 0 bridgehead atoms. The fourth-order valence-electron chi connectivity index (χ4n) is 1.08. The normalized spacial score (nSPS) is 21.6. The van der Waals surface area contributed by atoms with Gasteiger partial charge in [0, 0.05) is 11.8 Å². The van der Waals surface area contributed by atoms with Gasteiger partial charge in [-0.15, -0.1) is 0 Å². The van der Waals surface area contributed by atoms with Crippen LogP contribution in [0.25, 0.3) is 0 Å². The first-order valence-corrected chi connectivity index (χ1v) is 3.50. The van der Waals surface area contributed by atoms with Crippen LogP contribution in [0.1, 0.15) is 6.42 Å². The molecule has 0 saturated carbocycles. The van der Waals surface area contributed by atoms with Crippen molar-refractivity contribution in [3.8, 4) is 0 Å². The van der Waals surface area contributed by atoms with E-state index in [2.05, 4.69) is 0 Å². The lowest BCUT2D eigenvalue weighted by molar-refractivity contribution is 0.0974. The van der Waals surface area contributed by atoms with Gasteiger partial charge in [-0.2, -0.15) is 0 Å². The van der Waals surface area contributed by atoms with Crippen molar-refractivity contribution in [1.29, 1.82) is 0 Å². The van der Waals surface area contributed by atoms with E-state index in [1.165, 1.54) is 0 Å². The molecule has 3 heteroatoms. The Bertz CT molecular complexity index is 263. The highest BCUT2D eigenvalue weighted by atomic mass is 16.7. The first-order chi connectivity index (χ1) is 5.36. The number of allylic oxidation sites excluding steroid dienone is 3. The van der Waals surface area contributed by atoms with Crippen LogP contribution in [-0.4, -0.2) is 6.79 Å². The van der Waals surface area contributed by atoms with Crippen molar-refractivity contribution in [3.05, 3.63) is 35.4 Å². The van der Waals surface area contributed by atoms with Crippen LogP contribution >= 0.6 is 0 Å². The van der Waals surface area contributed by atoms with Crippen molar-refractivity contribution >= 4 is 0 Å². The summed E-state index contributed by atoms with van der Waals surface area (Å²) < 4.78 is 10.3. The topological polar surface area (TPSA) is 44.5 Å². The van der Waals surface area contributed by atoms with E-state index >= 15 is 0 Å². The molecule has 0 aromatic heterocycles. The Morgan fingerprint density at radius 2 is 2.00 bits per heavy atom. The fraction of sp³-hybridized carbons (Fsp3) is 0.250. The average molecular weight is 151 g/mol. The number of hydrogen-bond donors (Lipinski definition) is 1. The molecule has 1 aliphatic carbocycles. The van der Waals surface area contributed by atoms with Crippen LogP contribution in [0.3, 0.4) is 0 Å². The second-order valence-corrected chi connectivity index (χ2v) is 2.42. The molecule has 0 spiro atoms. The van der Waals surface area contributed by atoms with Gasteiger partial charge in [-0.05, 0) is 12.5 Å². The number of rotatable bonds is 0. The van der Waals surface area contributed by atoms with Crippen LogP contribution in [-0.2, 0) is 9.47 Å². The molecule has 2 aliphatic rings. The molecular formula is C8H9NO2. The van der Waals surface area contributed by atoms with E-state index in [0.717, 1.165) is 23.6 Å². The molecule has 2 N–H and O–H groups in total. The highest BCUT2D eigenvalue weighted by Gasteiger charge is 2.16. The molecule has 3 nitrogen and oxygen atoms in total. The predicted molar refractivity (Wildman–Crippen MR) is 40.1 cm³/mol. The van der Waals surface area contributed by atoms with E-state index in [0.29, 0.717) is 6.79 Å². The summed E-state index contributed by atoms with van der Waals surface area (Å²) in [6.45, 7) is 0.310. The van der Waals surface area contributed by atoms with Gasteiger partial charge in [0.05, 0.1) is 0 Å². The largest absolute Gasteiger partial charge is 0.454 e. The Morgan fingerprint density at radius 3 is 2.91 bits per heavy atom. The maximum atomic E-state index is 5.61. The lowest BCUT2D eigenvalue weighted by Gasteiger charge is -1.92. The molecule has 0 amide bonds. The second-order valence-electron chi connectivity index (χ2n) is 2.42. The molecule has 11 heavy (non-hydrogen) atoms. The van der Waals surface area contributed by atoms with Gasteiger partial charge < -0.3 is 15.2 Å². The Balaban J connectivity index is 2.35. The molecule has 1 fully saturated rings. The van der Waals surface area contributed by atoms with Gasteiger partial charge >= 0.3 is 0 Å². The van der Waals surface area contributed by atoms with E-state index in [9.17, 15) is 0 Å². The summed E-state index contributed by atoms with van der Waals surface area (Å²) in [6.07, 6.45) is 6.47. The molecule has 0 aromatic carbocycles. The van der Waals surface area contributed by atoms with E-state index in [1.54, 1.807) is 6.08 Å². The third-order valence-electron chi connectivity index (χ3n) is 1.63. The van der Waals surface area contributed by atoms with Gasteiger partial charge in [-0.3, -0.25) is 0 Å². The maximum absolute atomic E-state index is 5.61. The predicted octanol–water partition coefficient (Wildman–Crippen LogP) is 1.00. The summed E-state index contributed by atoms with van der Waals surface area (Å²) in [5.74, 6) is 1.55. The van der Waals surface area contributed by atoms with Crippen LogP contribution in [0.2, 0.25) is 0 Å². The number of hydrogen-bond acceptors (Lipinski definition) is 3. The zero-order valence-corrected chi connectivity index (χ0v) is 6.04. The van der Waals surface area contributed by atoms with Crippen LogP contribution in [0.5, 0.6) is 0 Å². The van der Waals surface area contributed by atoms with Crippen LogP contribution in [0, 0.1) is 0 Å². The lowest BCUT2D eigenvalue weighted by Crippen LogP contribution is -1.93. The smallest absolute Gasteiger partial charge is 0.231 e. The summed E-state index contributed by atoms with van der Waals surface area (Å²) in [6, 6.07) is 0. The number of fused-ring (bicyclic) bond motifs is 1. The van der Waals surface area contributed by atoms with Gasteiger partial charge in [0.25, 0.3) is 0 Å². The van der Waals surface area contributed by atoms with Gasteiger partial charge in [0.1, 0.15) is 0 Å². The van der Waals surface area contributed by atoms with Crippen molar-refractivity contribution in [2.45, 2.75) is 6.42 Å². The number of nitrogens with two attached hydrogens (primary N) is 1. The SMILES string of the molecule is NC1=CCC=C2OCOC2=C1. The summed E-state index contributed by atoms with van der Waals surface area (Å²) in [4.78, 5) is 0. The molecule has 2 rings (SSSR count). The highest BCUT2D eigenvalue weighted by molar-refractivity contribution is 5.33. The van der Waals surface area contributed by atoms with E-state index in [4.69, 9.17) is 15.2 Å². The zero-order valence-electron chi connectivity index (χ0n) is 6.04. The van der Waals surface area contributed by atoms with Crippen LogP contribution in [0.15, 0.2) is 35.4 Å². The summed E-state index contributed by atoms with van der Waals surface area (Å²) in [5, 5.41) is 0. The van der Waals surface area contributed by atoms with E-state index in [-0.39, 0.29) is 0 Å². The lowest BCUT2D eigenvalue weighted by atomic mass is 10.3. The van der Waals surface area contributed by atoms with Crippen molar-refractivity contribution in [1.82, 2.24) is 0 Å². The van der Waals surface area contributed by atoms with Gasteiger partial charge in [0.15, 0.2) is 11.5 Å². The Hall–Kier alpha value is -1.38. The average Bonchev–Trinajstić information content (AvgIpc) is 2.31. The quantitative estimate of drug-likeness (QED) is 0.561. The molecular weight excluding hydrogens is 142 g/mol. The van der Waals surface area contributed by atoms with Crippen LogP contribution in [0.4, 0.5) is 0 Å². The van der Waals surface area contributed by atoms with E-state index < -0.39 is 0 Å². The molecule has 1 saturated heterocycles. The summed E-state index contributed by atoms with van der Waals surface area (Å²) in [7, 11) is 0. The summed E-state index contributed by atoms with van der Waals surface area (Å²) in [5.41, 5.74) is 6.34. The Morgan fingerprint density at radius 1 is 1.18 bits per heavy atom.